The van der Waals surface area contributed by atoms with E-state index in [1.165, 1.54) is 13.3 Å². The smallest absolute Gasteiger partial charge is 0.307 e. The van der Waals surface area contributed by atoms with Crippen molar-refractivity contribution < 1.29 is 33.0 Å². The number of aryl methyl sites for hydroxylation is 2. The number of halogens is 1. The van der Waals surface area contributed by atoms with Crippen LogP contribution < -0.4 is 19.6 Å². The first-order chi connectivity index (χ1) is 21.3. The van der Waals surface area contributed by atoms with E-state index in [2.05, 4.69) is 57.0 Å². The van der Waals surface area contributed by atoms with Crippen molar-refractivity contribution in [3.05, 3.63) is 93.6 Å². The number of carbonyl (C=O) groups is 2. The molecule has 0 atom stereocenters. The molecule has 1 fully saturated rings. The first kappa shape index (κ1) is 30.9. The van der Waals surface area contributed by atoms with Crippen LogP contribution in [-0.4, -0.2) is 67.5 Å². The molecule has 1 aliphatic rings. The predicted molar refractivity (Wildman–Crippen MR) is 167 cm³/mol. The van der Waals surface area contributed by atoms with Gasteiger partial charge in [-0.3, -0.25) is 9.59 Å². The van der Waals surface area contributed by atoms with E-state index in [0.717, 1.165) is 17.1 Å². The largest absolute Gasteiger partial charge is 0.493 e. The summed E-state index contributed by atoms with van der Waals surface area (Å²) in [5, 5.41) is 4.07. The Hall–Kier alpha value is -4.55. The molecule has 1 saturated heterocycles. The SMILES string of the molecule is COc1cc(Br)cc(C=NNC(=O)c2ccc(COc3ccc(-n4c(C)ccc4C)cc3)o2)c1OCC(=O)N1CCOCC1. The minimum atomic E-state index is -0.541. The molecule has 4 aromatic rings. The summed E-state index contributed by atoms with van der Waals surface area (Å²) in [4.78, 5) is 27.0. The van der Waals surface area contributed by atoms with Gasteiger partial charge < -0.3 is 32.8 Å². The van der Waals surface area contributed by atoms with Gasteiger partial charge in [-0.2, -0.15) is 5.10 Å². The third kappa shape index (κ3) is 7.50. The van der Waals surface area contributed by atoms with Crippen LogP contribution >= 0.6 is 15.9 Å². The maximum atomic E-state index is 12.7. The third-order valence-corrected chi connectivity index (χ3v) is 7.43. The first-order valence-corrected chi connectivity index (χ1v) is 14.8. The summed E-state index contributed by atoms with van der Waals surface area (Å²) >= 11 is 3.44. The van der Waals surface area contributed by atoms with Gasteiger partial charge in [-0.15, -0.1) is 0 Å². The van der Waals surface area contributed by atoms with Gasteiger partial charge in [0.1, 0.15) is 18.1 Å². The summed E-state index contributed by atoms with van der Waals surface area (Å²) in [5.41, 5.74) is 6.31. The Morgan fingerprint density at radius 2 is 1.73 bits per heavy atom. The van der Waals surface area contributed by atoms with Crippen molar-refractivity contribution in [3.63, 3.8) is 0 Å². The number of nitrogens with one attached hydrogen (secondary N) is 1. The maximum Gasteiger partial charge on any atom is 0.307 e. The molecule has 2 aromatic carbocycles. The highest BCUT2D eigenvalue weighted by molar-refractivity contribution is 9.10. The van der Waals surface area contributed by atoms with Crippen LogP contribution in [0.3, 0.4) is 0 Å². The van der Waals surface area contributed by atoms with Crippen molar-refractivity contribution in [2.24, 2.45) is 5.10 Å². The highest BCUT2D eigenvalue weighted by Gasteiger charge is 2.20. The number of amides is 2. The van der Waals surface area contributed by atoms with Crippen LogP contribution in [0.25, 0.3) is 5.69 Å². The fraction of sp³-hybridized carbons (Fsp3) is 0.281. The van der Waals surface area contributed by atoms with E-state index in [1.807, 2.05) is 24.3 Å². The predicted octanol–water partition coefficient (Wildman–Crippen LogP) is 5.04. The lowest BCUT2D eigenvalue weighted by Gasteiger charge is -2.27. The van der Waals surface area contributed by atoms with Gasteiger partial charge in [-0.05, 0) is 74.5 Å². The van der Waals surface area contributed by atoms with Gasteiger partial charge in [0, 0.05) is 40.2 Å². The second-order valence-corrected chi connectivity index (χ2v) is 10.9. The van der Waals surface area contributed by atoms with Gasteiger partial charge in [0.25, 0.3) is 5.91 Å². The number of aromatic nitrogens is 1. The van der Waals surface area contributed by atoms with Gasteiger partial charge in [0.05, 0.1) is 26.5 Å². The van der Waals surface area contributed by atoms with E-state index >= 15 is 0 Å². The average molecular weight is 666 g/mol. The Morgan fingerprint density at radius 3 is 2.43 bits per heavy atom. The van der Waals surface area contributed by atoms with E-state index in [4.69, 9.17) is 23.4 Å². The summed E-state index contributed by atoms with van der Waals surface area (Å²) in [6, 6.07) is 18.6. The monoisotopic (exact) mass is 664 g/mol. The number of rotatable bonds is 11. The number of furan rings is 1. The molecule has 0 aliphatic carbocycles. The van der Waals surface area contributed by atoms with Crippen LogP contribution in [0.4, 0.5) is 0 Å². The normalized spacial score (nSPS) is 13.2. The number of hydrazone groups is 1. The maximum absolute atomic E-state index is 12.7. The van der Waals surface area contributed by atoms with Gasteiger partial charge in [-0.25, -0.2) is 5.43 Å². The molecule has 44 heavy (non-hydrogen) atoms. The third-order valence-electron chi connectivity index (χ3n) is 6.97. The van der Waals surface area contributed by atoms with Gasteiger partial charge in [0.2, 0.25) is 0 Å². The van der Waals surface area contributed by atoms with Crippen molar-refractivity contribution >= 4 is 34.0 Å². The van der Waals surface area contributed by atoms with Crippen molar-refractivity contribution in [2.45, 2.75) is 20.5 Å². The lowest BCUT2D eigenvalue weighted by molar-refractivity contribution is -0.137. The molecule has 0 radical (unpaired) electrons. The lowest BCUT2D eigenvalue weighted by Crippen LogP contribution is -2.43. The molecular formula is C32H33BrN4O7. The number of carbonyl (C=O) groups excluding carboxylic acids is 2. The second kappa shape index (κ2) is 14.3. The quantitative estimate of drug-likeness (QED) is 0.176. The number of hydrogen-bond donors (Lipinski definition) is 1. The number of morpholine rings is 1. The minimum Gasteiger partial charge on any atom is -0.493 e. The van der Waals surface area contributed by atoms with E-state index in [-0.39, 0.29) is 24.9 Å². The summed E-state index contributed by atoms with van der Waals surface area (Å²) in [5.74, 6) is 1.26. The molecule has 1 aliphatic heterocycles. The van der Waals surface area contributed by atoms with Crippen LogP contribution in [0, 0.1) is 13.8 Å². The molecule has 1 N–H and O–H groups in total. The molecule has 2 aromatic heterocycles. The molecule has 12 heteroatoms. The van der Waals surface area contributed by atoms with E-state index in [1.54, 1.807) is 29.2 Å². The molecule has 0 spiro atoms. The molecular weight excluding hydrogens is 632 g/mol. The van der Waals surface area contributed by atoms with Crippen molar-refractivity contribution in [1.82, 2.24) is 14.9 Å². The molecule has 11 nitrogen and oxygen atoms in total. The zero-order chi connectivity index (χ0) is 31.1. The molecule has 230 valence electrons. The van der Waals surface area contributed by atoms with E-state index in [0.29, 0.717) is 59.3 Å². The van der Waals surface area contributed by atoms with Gasteiger partial charge >= 0.3 is 5.91 Å². The number of ether oxygens (including phenoxy) is 4. The number of benzene rings is 2. The van der Waals surface area contributed by atoms with Crippen molar-refractivity contribution in [2.75, 3.05) is 40.0 Å². The van der Waals surface area contributed by atoms with Crippen molar-refractivity contribution in [1.29, 1.82) is 0 Å². The van der Waals surface area contributed by atoms with Crippen LogP contribution in [0.5, 0.6) is 17.2 Å². The Morgan fingerprint density at radius 1 is 1.00 bits per heavy atom. The Labute approximate surface area is 263 Å². The standard InChI is InChI=1S/C32H33BrN4O7/c1-21-4-5-22(2)37(21)25-6-8-26(9-7-25)42-19-27-10-11-28(44-27)32(39)35-34-18-23-16-24(33)17-29(40-3)31(23)43-20-30(38)36-12-14-41-15-13-36/h4-11,16-18H,12-15,19-20H2,1-3H3,(H,35,39). The number of methoxy groups -OCH3 is 1. The molecule has 2 amide bonds. The Kier molecular flexibility index (Phi) is 10.0. The van der Waals surface area contributed by atoms with Crippen LogP contribution in [0.15, 0.2) is 74.7 Å². The zero-order valence-corrected chi connectivity index (χ0v) is 26.3. The lowest BCUT2D eigenvalue weighted by atomic mass is 10.2. The molecule has 0 bridgehead atoms. The first-order valence-electron chi connectivity index (χ1n) is 14.0. The fourth-order valence-electron chi connectivity index (χ4n) is 4.74. The number of hydrogen-bond acceptors (Lipinski definition) is 8. The van der Waals surface area contributed by atoms with Gasteiger partial charge in [-0.1, -0.05) is 15.9 Å². The van der Waals surface area contributed by atoms with E-state index < -0.39 is 5.91 Å². The Bertz CT molecular complexity index is 1620. The molecule has 0 unspecified atom stereocenters. The Balaban J connectivity index is 1.17. The molecule has 0 saturated carbocycles. The van der Waals surface area contributed by atoms with Crippen LogP contribution in [-0.2, 0) is 16.1 Å². The van der Waals surface area contributed by atoms with Crippen LogP contribution in [0.2, 0.25) is 0 Å². The summed E-state index contributed by atoms with van der Waals surface area (Å²) in [6.07, 6.45) is 1.41. The zero-order valence-electron chi connectivity index (χ0n) is 24.7. The van der Waals surface area contributed by atoms with E-state index in [9.17, 15) is 9.59 Å². The van der Waals surface area contributed by atoms with Crippen molar-refractivity contribution in [3.8, 4) is 22.9 Å². The summed E-state index contributed by atoms with van der Waals surface area (Å²) in [6.45, 7) is 6.13. The topological polar surface area (TPSA) is 117 Å². The highest BCUT2D eigenvalue weighted by atomic mass is 79.9. The van der Waals surface area contributed by atoms with Crippen LogP contribution in [0.1, 0.15) is 33.3 Å². The minimum absolute atomic E-state index is 0.0778. The summed E-state index contributed by atoms with van der Waals surface area (Å²) < 4.78 is 31.0. The number of nitrogens with zero attached hydrogens (tertiary/aromatic N) is 3. The molecule has 5 rings (SSSR count). The molecule has 3 heterocycles. The van der Waals surface area contributed by atoms with Gasteiger partial charge in [0.15, 0.2) is 23.9 Å². The second-order valence-electron chi connectivity index (χ2n) is 10.0. The highest BCUT2D eigenvalue weighted by Crippen LogP contribution is 2.34. The fourth-order valence-corrected chi connectivity index (χ4v) is 5.20. The average Bonchev–Trinajstić information content (AvgIpc) is 3.65. The summed E-state index contributed by atoms with van der Waals surface area (Å²) in [7, 11) is 1.50.